The van der Waals surface area contributed by atoms with Crippen LogP contribution in [0, 0.1) is 6.92 Å². The molecule has 0 amide bonds. The zero-order chi connectivity index (χ0) is 21.2. The molecule has 31 heavy (non-hydrogen) atoms. The number of allylic oxidation sites excluding steroid dienone is 3. The predicted octanol–water partition coefficient (Wildman–Crippen LogP) is 5.62. The van der Waals surface area contributed by atoms with Gasteiger partial charge >= 0.3 is 0 Å². The Balaban J connectivity index is 1.37. The fourth-order valence-electron chi connectivity index (χ4n) is 3.97. The summed E-state index contributed by atoms with van der Waals surface area (Å²) in [4.78, 5) is 16.6. The van der Waals surface area contributed by atoms with Crippen molar-refractivity contribution in [3.05, 3.63) is 99.0 Å². The highest BCUT2D eigenvalue weighted by Crippen LogP contribution is 2.43. The molecule has 0 N–H and O–H groups in total. The van der Waals surface area contributed by atoms with E-state index in [4.69, 9.17) is 9.47 Å². The second kappa shape index (κ2) is 8.53. The lowest BCUT2D eigenvalue weighted by Gasteiger charge is -2.30. The quantitative estimate of drug-likeness (QED) is 0.493. The summed E-state index contributed by atoms with van der Waals surface area (Å²) in [6.07, 6.45) is 6.56. The molecular formula is C26H23NO3S. The van der Waals surface area contributed by atoms with Crippen molar-refractivity contribution in [3.63, 3.8) is 0 Å². The van der Waals surface area contributed by atoms with Gasteiger partial charge in [-0.05, 0) is 48.1 Å². The molecule has 0 saturated carbocycles. The number of hydrogen-bond donors (Lipinski definition) is 0. The van der Waals surface area contributed by atoms with E-state index in [9.17, 15) is 4.79 Å². The molecule has 1 aromatic heterocycles. The van der Waals surface area contributed by atoms with Gasteiger partial charge in [0.2, 0.25) is 5.78 Å². The zero-order valence-electron chi connectivity index (χ0n) is 17.3. The summed E-state index contributed by atoms with van der Waals surface area (Å²) < 4.78 is 12.1. The number of Topliss-reactive ketones (excluding diaryl/α,β-unsaturated/α-hetero) is 1. The van der Waals surface area contributed by atoms with Crippen molar-refractivity contribution >= 4 is 23.2 Å². The molecule has 5 heteroatoms. The Morgan fingerprint density at radius 2 is 2.03 bits per heavy atom. The highest BCUT2D eigenvalue weighted by Gasteiger charge is 2.35. The first-order valence-electron chi connectivity index (χ1n) is 10.4. The van der Waals surface area contributed by atoms with Gasteiger partial charge in [0.1, 0.15) is 18.2 Å². The van der Waals surface area contributed by atoms with Crippen LogP contribution in [0.25, 0.3) is 6.08 Å². The smallest absolute Gasteiger partial charge is 0.232 e. The number of hydrogen-bond acceptors (Lipinski definition) is 5. The van der Waals surface area contributed by atoms with Crippen LogP contribution < -0.4 is 9.47 Å². The Morgan fingerprint density at radius 3 is 2.84 bits per heavy atom. The van der Waals surface area contributed by atoms with Crippen LogP contribution in [0.3, 0.4) is 0 Å². The number of carbonyl (C=O) groups excluding carboxylic acids is 1. The number of aryl methyl sites for hydroxylation is 1. The van der Waals surface area contributed by atoms with E-state index in [0.29, 0.717) is 30.3 Å². The van der Waals surface area contributed by atoms with Gasteiger partial charge in [0.05, 0.1) is 11.1 Å². The van der Waals surface area contributed by atoms with Crippen LogP contribution in [0.2, 0.25) is 0 Å². The predicted molar refractivity (Wildman–Crippen MR) is 124 cm³/mol. The van der Waals surface area contributed by atoms with Crippen molar-refractivity contribution in [2.24, 2.45) is 0 Å². The molecule has 0 unspecified atom stereocenters. The third-order valence-electron chi connectivity index (χ3n) is 5.58. The molecule has 0 bridgehead atoms. The maximum atomic E-state index is 13.0. The maximum Gasteiger partial charge on any atom is 0.232 e. The third-order valence-corrected chi connectivity index (χ3v) is 6.51. The first-order chi connectivity index (χ1) is 15.2. The van der Waals surface area contributed by atoms with E-state index in [-0.39, 0.29) is 5.78 Å². The molecule has 3 heterocycles. The second-order valence-electron chi connectivity index (χ2n) is 7.76. The Hall–Kier alpha value is -3.15. The maximum absolute atomic E-state index is 13.0. The summed E-state index contributed by atoms with van der Waals surface area (Å²) in [5.41, 5.74) is 3.58. The van der Waals surface area contributed by atoms with E-state index >= 15 is 0 Å². The minimum atomic E-state index is -0.0660. The Labute approximate surface area is 186 Å². The minimum absolute atomic E-state index is 0.0660. The monoisotopic (exact) mass is 429 g/mol. The molecule has 2 aliphatic heterocycles. The average Bonchev–Trinajstić information content (AvgIpc) is 3.42. The molecule has 0 radical (unpaired) electrons. The van der Waals surface area contributed by atoms with Crippen molar-refractivity contribution in [3.8, 4) is 11.5 Å². The summed E-state index contributed by atoms with van der Waals surface area (Å²) in [5, 5.41) is 2.10. The molecule has 0 fully saturated rings. The molecule has 4 nitrogen and oxygen atoms in total. The first-order valence-corrected chi connectivity index (χ1v) is 11.3. The van der Waals surface area contributed by atoms with Crippen LogP contribution in [0.1, 0.15) is 31.9 Å². The summed E-state index contributed by atoms with van der Waals surface area (Å²) in [6, 6.07) is 16.2. The highest BCUT2D eigenvalue weighted by molar-refractivity contribution is 7.09. The third kappa shape index (κ3) is 4.07. The molecule has 5 rings (SSSR count). The summed E-state index contributed by atoms with van der Waals surface area (Å²) in [5.74, 6) is 1.76. The number of carbonyl (C=O) groups is 1. The van der Waals surface area contributed by atoms with Gasteiger partial charge in [-0.3, -0.25) is 9.69 Å². The second-order valence-corrected chi connectivity index (χ2v) is 8.79. The SMILES string of the molecule is Cc1cc2c(c3c1C(=O)/C(=C/C=C/c1ccccc1)O3)CN(CCc1cccs1)CO2. The van der Waals surface area contributed by atoms with Crippen molar-refractivity contribution in [2.45, 2.75) is 19.9 Å². The Kier molecular flexibility index (Phi) is 5.45. The van der Waals surface area contributed by atoms with E-state index in [1.54, 1.807) is 17.4 Å². The van der Waals surface area contributed by atoms with E-state index in [1.165, 1.54) is 4.88 Å². The van der Waals surface area contributed by atoms with Gasteiger partial charge in [-0.2, -0.15) is 0 Å². The van der Waals surface area contributed by atoms with Crippen molar-refractivity contribution in [1.82, 2.24) is 4.90 Å². The molecule has 0 atom stereocenters. The molecule has 0 aliphatic carbocycles. The Morgan fingerprint density at radius 1 is 1.16 bits per heavy atom. The normalized spacial score (nSPS) is 16.9. The lowest BCUT2D eigenvalue weighted by atomic mass is 9.99. The number of ketones is 1. The summed E-state index contributed by atoms with van der Waals surface area (Å²) in [6.45, 7) is 4.10. The lowest BCUT2D eigenvalue weighted by molar-refractivity contribution is 0.0950. The number of nitrogens with zero attached hydrogens (tertiary/aromatic N) is 1. The van der Waals surface area contributed by atoms with Gasteiger partial charge < -0.3 is 9.47 Å². The number of thiophene rings is 1. The van der Waals surface area contributed by atoms with Crippen molar-refractivity contribution in [1.29, 1.82) is 0 Å². The zero-order valence-corrected chi connectivity index (χ0v) is 18.2. The fourth-order valence-corrected chi connectivity index (χ4v) is 4.67. The van der Waals surface area contributed by atoms with Gasteiger partial charge in [0, 0.05) is 18.0 Å². The molecular weight excluding hydrogens is 406 g/mol. The summed E-state index contributed by atoms with van der Waals surface area (Å²) in [7, 11) is 0. The van der Waals surface area contributed by atoms with E-state index in [1.807, 2.05) is 55.5 Å². The molecule has 2 aromatic carbocycles. The van der Waals surface area contributed by atoms with Gasteiger partial charge in [-0.25, -0.2) is 0 Å². The van der Waals surface area contributed by atoms with Crippen LogP contribution in [-0.4, -0.2) is 24.0 Å². The molecule has 0 spiro atoms. The number of fused-ring (bicyclic) bond motifs is 3. The van der Waals surface area contributed by atoms with Gasteiger partial charge in [0.15, 0.2) is 5.76 Å². The van der Waals surface area contributed by atoms with Gasteiger partial charge in [0.25, 0.3) is 0 Å². The van der Waals surface area contributed by atoms with Crippen LogP contribution in [0.4, 0.5) is 0 Å². The average molecular weight is 430 g/mol. The molecule has 3 aromatic rings. The van der Waals surface area contributed by atoms with Gasteiger partial charge in [-0.15, -0.1) is 11.3 Å². The highest BCUT2D eigenvalue weighted by atomic mass is 32.1. The number of benzene rings is 2. The van der Waals surface area contributed by atoms with E-state index < -0.39 is 0 Å². The van der Waals surface area contributed by atoms with Crippen molar-refractivity contribution in [2.75, 3.05) is 13.3 Å². The van der Waals surface area contributed by atoms with Crippen LogP contribution in [0.15, 0.2) is 71.8 Å². The molecule has 2 aliphatic rings. The first kappa shape index (κ1) is 19.8. The topological polar surface area (TPSA) is 38.8 Å². The number of ether oxygens (including phenoxy) is 2. The largest absolute Gasteiger partial charge is 0.478 e. The lowest BCUT2D eigenvalue weighted by Crippen LogP contribution is -2.33. The van der Waals surface area contributed by atoms with Crippen LogP contribution in [0.5, 0.6) is 11.5 Å². The fraction of sp³-hybridized carbons (Fsp3) is 0.192. The van der Waals surface area contributed by atoms with Crippen LogP contribution in [-0.2, 0) is 13.0 Å². The van der Waals surface area contributed by atoms with Crippen LogP contribution >= 0.6 is 11.3 Å². The summed E-state index contributed by atoms with van der Waals surface area (Å²) >= 11 is 1.77. The minimum Gasteiger partial charge on any atom is -0.478 e. The molecule has 156 valence electrons. The number of rotatable bonds is 5. The standard InChI is InChI=1S/C26H23NO3S/c1-18-15-23-21(16-27(17-29-23)13-12-20-10-6-14-31-20)26-24(18)25(28)22(30-26)11-5-9-19-7-3-2-4-8-19/h2-11,14-15H,12-13,16-17H2,1H3/b9-5+,22-11-. The Bertz CT molecular complexity index is 1160. The van der Waals surface area contributed by atoms with Crippen molar-refractivity contribution < 1.29 is 14.3 Å². The van der Waals surface area contributed by atoms with E-state index in [2.05, 4.69) is 22.4 Å². The van der Waals surface area contributed by atoms with E-state index in [0.717, 1.165) is 35.4 Å². The molecule has 0 saturated heterocycles. The van der Waals surface area contributed by atoms with Gasteiger partial charge in [-0.1, -0.05) is 48.6 Å².